The van der Waals surface area contributed by atoms with E-state index in [1.54, 1.807) is 0 Å². The lowest BCUT2D eigenvalue weighted by Crippen LogP contribution is -2.09. The first kappa shape index (κ1) is 37.1. The van der Waals surface area contributed by atoms with Crippen LogP contribution in [0.2, 0.25) is 5.28 Å². The Morgan fingerprint density at radius 2 is 1.27 bits per heavy atom. The highest BCUT2D eigenvalue weighted by Gasteiger charge is 2.22. The summed E-state index contributed by atoms with van der Waals surface area (Å²) in [6.07, 6.45) is 0. The van der Waals surface area contributed by atoms with E-state index in [2.05, 4.69) is 35.8 Å². The number of phenols is 1. The molecule has 0 fully saturated rings. The Morgan fingerprint density at radius 1 is 0.647 bits per heavy atom. The van der Waals surface area contributed by atoms with Crippen molar-refractivity contribution in [2.24, 2.45) is 10.2 Å². The molecule has 5 aromatic rings. The molecule has 51 heavy (non-hydrogen) atoms. The largest absolute Gasteiger partial charge is 0.507 e. The number of hydrogen-bond acceptors (Lipinski definition) is 17. The average Bonchev–Trinajstić information content (AvgIpc) is 2.99. The zero-order chi connectivity index (χ0) is 37.7. The Hall–Kier alpha value is -5.12. The predicted molar refractivity (Wildman–Crippen MR) is 178 cm³/mol. The maximum Gasteiger partial charge on any atom is 0.296 e. The molecule has 0 bridgehead atoms. The molecule has 9 N–H and O–H groups in total. The highest BCUT2D eigenvalue weighted by Crippen LogP contribution is 2.41. The number of nitrogens with zero attached hydrogens (tertiary/aromatic N) is 5. The van der Waals surface area contributed by atoms with Crippen LogP contribution in [0.25, 0.3) is 10.8 Å². The summed E-state index contributed by atoms with van der Waals surface area (Å²) in [6, 6.07) is 9.52. The summed E-state index contributed by atoms with van der Waals surface area (Å²) in [5.41, 5.74) is 4.48. The summed E-state index contributed by atoms with van der Waals surface area (Å²) in [6.45, 7) is 0. The molecule has 0 spiro atoms. The second-order valence-corrected chi connectivity index (χ2v) is 15.9. The molecule has 0 saturated heterocycles. The van der Waals surface area contributed by atoms with Gasteiger partial charge in [0.2, 0.25) is 17.2 Å². The lowest BCUT2D eigenvalue weighted by molar-refractivity contribution is 0.471. The maximum absolute atomic E-state index is 12.3. The summed E-state index contributed by atoms with van der Waals surface area (Å²) in [7, 11) is -19.5. The Kier molecular flexibility index (Phi) is 9.62. The van der Waals surface area contributed by atoms with Crippen molar-refractivity contribution < 1.29 is 57.0 Å². The van der Waals surface area contributed by atoms with E-state index in [1.807, 2.05) is 0 Å². The quantitative estimate of drug-likeness (QED) is 0.0564. The van der Waals surface area contributed by atoms with Crippen molar-refractivity contribution in [1.82, 2.24) is 15.0 Å². The van der Waals surface area contributed by atoms with Crippen LogP contribution in [0, 0.1) is 0 Å². The highest BCUT2D eigenvalue weighted by atomic mass is 35.5. The van der Waals surface area contributed by atoms with Crippen molar-refractivity contribution in [3.63, 3.8) is 0 Å². The number of azo groups is 1. The fourth-order valence-electron chi connectivity index (χ4n) is 4.36. The van der Waals surface area contributed by atoms with Crippen LogP contribution < -0.4 is 16.4 Å². The molecule has 26 heteroatoms. The number of aromatic nitrogens is 3. The van der Waals surface area contributed by atoms with E-state index >= 15 is 0 Å². The molecule has 0 amide bonds. The smallest absolute Gasteiger partial charge is 0.296 e. The fraction of sp³-hybridized carbons (Fsp3) is 0. The average molecular weight is 803 g/mol. The first-order valence-electron chi connectivity index (χ1n) is 13.1. The normalized spacial score (nSPS) is 12.7. The third-order valence-electron chi connectivity index (χ3n) is 6.51. The summed E-state index contributed by atoms with van der Waals surface area (Å²) >= 11 is 5.96. The number of rotatable bonds is 10. The Morgan fingerprint density at radius 3 is 1.88 bits per heavy atom. The lowest BCUT2D eigenvalue weighted by atomic mass is 10.1. The van der Waals surface area contributed by atoms with Crippen molar-refractivity contribution in [3.05, 3.63) is 65.9 Å². The summed E-state index contributed by atoms with van der Waals surface area (Å²) in [5.74, 6) is -1.62. The van der Waals surface area contributed by atoms with Gasteiger partial charge < -0.3 is 21.5 Å². The zero-order valence-electron chi connectivity index (χ0n) is 24.6. The van der Waals surface area contributed by atoms with Crippen LogP contribution in [0.5, 0.6) is 5.75 Å². The van der Waals surface area contributed by atoms with E-state index in [0.717, 1.165) is 24.3 Å². The number of anilines is 5. The SMILES string of the molecule is Nc1ccc2cc(S(=O)(=O)O)cc(O)c2c1N=Nc1ccc(Nc2nc(Cl)nc(Nc3cc(S(=O)(=O)O)ccc3S(=O)(=O)O)n2)cc1S(=O)(=O)O. The first-order chi connectivity index (χ1) is 23.5. The molecule has 5 rings (SSSR count). The van der Waals surface area contributed by atoms with Gasteiger partial charge in [0, 0.05) is 11.8 Å². The molecule has 268 valence electrons. The summed E-state index contributed by atoms with van der Waals surface area (Å²) < 4.78 is 133. The molecule has 0 atom stereocenters. The van der Waals surface area contributed by atoms with Gasteiger partial charge in [0.05, 0.1) is 26.6 Å². The first-order valence-corrected chi connectivity index (χ1v) is 19.2. The second kappa shape index (κ2) is 13.2. The Bertz CT molecular complexity index is 2750. The molecule has 0 saturated carbocycles. The Balaban J connectivity index is 1.51. The Labute approximate surface area is 291 Å². The number of nitrogens with one attached hydrogen (secondary N) is 2. The maximum atomic E-state index is 12.3. The molecule has 1 heterocycles. The van der Waals surface area contributed by atoms with Gasteiger partial charge in [0.25, 0.3) is 40.5 Å². The van der Waals surface area contributed by atoms with Crippen LogP contribution in [0.4, 0.5) is 40.3 Å². The topological polar surface area (TPSA) is 351 Å². The monoisotopic (exact) mass is 802 g/mol. The zero-order valence-corrected chi connectivity index (χ0v) is 28.6. The van der Waals surface area contributed by atoms with E-state index in [0.29, 0.717) is 18.2 Å². The number of fused-ring (bicyclic) bond motifs is 1. The van der Waals surface area contributed by atoms with Gasteiger partial charge in [-0.1, -0.05) is 6.07 Å². The van der Waals surface area contributed by atoms with Crippen molar-refractivity contribution in [2.45, 2.75) is 19.6 Å². The van der Waals surface area contributed by atoms with Gasteiger partial charge in [0.15, 0.2) is 0 Å². The van der Waals surface area contributed by atoms with Gasteiger partial charge in [-0.3, -0.25) is 18.2 Å². The molecular weight excluding hydrogens is 784 g/mol. The number of nitrogen functional groups attached to an aromatic ring is 1. The van der Waals surface area contributed by atoms with Crippen LogP contribution in [-0.4, -0.2) is 71.9 Å². The second-order valence-electron chi connectivity index (χ2n) is 9.99. The van der Waals surface area contributed by atoms with Gasteiger partial charge in [-0.2, -0.15) is 48.6 Å². The van der Waals surface area contributed by atoms with Crippen LogP contribution in [-0.2, 0) is 40.5 Å². The molecular formula is C25H19ClN8O13S4. The molecule has 0 unspecified atom stereocenters. The minimum Gasteiger partial charge on any atom is -0.507 e. The van der Waals surface area contributed by atoms with Crippen LogP contribution >= 0.6 is 11.6 Å². The van der Waals surface area contributed by atoms with Gasteiger partial charge in [-0.05, 0) is 65.5 Å². The van der Waals surface area contributed by atoms with Crippen molar-refractivity contribution in [3.8, 4) is 5.75 Å². The van der Waals surface area contributed by atoms with E-state index in [4.69, 9.17) is 17.3 Å². The number of hydrogen-bond donors (Lipinski definition) is 8. The van der Waals surface area contributed by atoms with Gasteiger partial charge >= 0.3 is 0 Å². The van der Waals surface area contributed by atoms with Crippen LogP contribution in [0.15, 0.2) is 90.5 Å². The number of phenolic OH excluding ortho intramolecular Hbond substituents is 1. The summed E-state index contributed by atoms with van der Waals surface area (Å²) in [4.78, 5) is 8.40. The van der Waals surface area contributed by atoms with Gasteiger partial charge in [0.1, 0.15) is 26.9 Å². The molecule has 0 aliphatic rings. The van der Waals surface area contributed by atoms with Crippen molar-refractivity contribution >= 4 is 103 Å². The van der Waals surface area contributed by atoms with Crippen LogP contribution in [0.3, 0.4) is 0 Å². The van der Waals surface area contributed by atoms with Gasteiger partial charge in [-0.25, -0.2) is 0 Å². The lowest BCUT2D eigenvalue weighted by Gasteiger charge is -2.12. The molecule has 1 aromatic heterocycles. The number of nitrogens with two attached hydrogens (primary N) is 1. The number of benzene rings is 4. The summed E-state index contributed by atoms with van der Waals surface area (Å²) in [5, 5.41) is 22.6. The number of halogens is 1. The molecule has 0 aliphatic heterocycles. The molecule has 4 aromatic carbocycles. The predicted octanol–water partition coefficient (Wildman–Crippen LogP) is 3.86. The highest BCUT2D eigenvalue weighted by molar-refractivity contribution is 7.86. The third-order valence-corrected chi connectivity index (χ3v) is 10.1. The minimum atomic E-state index is -5.04. The van der Waals surface area contributed by atoms with Crippen molar-refractivity contribution in [1.29, 1.82) is 0 Å². The minimum absolute atomic E-state index is 0.0607. The fourth-order valence-corrected chi connectivity index (χ4v) is 6.84. The van der Waals surface area contributed by atoms with Crippen LogP contribution in [0.1, 0.15) is 0 Å². The molecule has 0 radical (unpaired) electrons. The number of aromatic hydroxyl groups is 1. The third kappa shape index (κ3) is 8.44. The van der Waals surface area contributed by atoms with E-state index in [-0.39, 0.29) is 27.8 Å². The molecule has 21 nitrogen and oxygen atoms in total. The standard InChI is InChI=1S/C25H19ClN8O13S4/c26-23-30-24(32-25(31-23)29-17-9-13(48(36,37)38)3-6-19(17)50(42,43)44)28-12-2-5-16(20(8-12)51(45,46)47)33-34-22-15(27)4-1-11-7-14(49(39,40)41)10-18(35)21(11)22/h1-10,35H,27H2,(H,36,37,38)(H,39,40,41)(H,42,43,44)(H,45,46,47)(H2,28,29,30,31,32). The molecule has 0 aliphatic carbocycles. The van der Waals surface area contributed by atoms with E-state index in [1.165, 1.54) is 18.2 Å². The van der Waals surface area contributed by atoms with Crippen molar-refractivity contribution in [2.75, 3.05) is 16.4 Å². The van der Waals surface area contributed by atoms with E-state index in [9.17, 15) is 57.0 Å². The van der Waals surface area contributed by atoms with Gasteiger partial charge in [-0.15, -0.1) is 10.2 Å². The van der Waals surface area contributed by atoms with E-state index < -0.39 is 94.4 Å².